The molecule has 3 N–H and O–H groups in total. The number of anilines is 2. The van der Waals surface area contributed by atoms with Gasteiger partial charge >= 0.3 is 0 Å². The summed E-state index contributed by atoms with van der Waals surface area (Å²) in [6, 6.07) is 19.9. The van der Waals surface area contributed by atoms with Crippen LogP contribution >= 0.6 is 0 Å². The van der Waals surface area contributed by atoms with Gasteiger partial charge in [0.15, 0.2) is 0 Å². The Morgan fingerprint density at radius 2 is 1.42 bits per heavy atom. The third kappa shape index (κ3) is 5.98. The first-order valence-electron chi connectivity index (χ1n) is 10.3. The van der Waals surface area contributed by atoms with Crippen molar-refractivity contribution in [3.05, 3.63) is 84.4 Å². The predicted molar refractivity (Wildman–Crippen MR) is 126 cm³/mol. The monoisotopic (exact) mass is 485 g/mol. The van der Waals surface area contributed by atoms with Gasteiger partial charge in [-0.3, -0.25) is 9.52 Å². The Hall–Kier alpha value is -3.21. The van der Waals surface area contributed by atoms with Gasteiger partial charge in [0.1, 0.15) is 0 Å². The molecule has 0 bridgehead atoms. The molecule has 0 saturated heterocycles. The second kappa shape index (κ2) is 9.34. The van der Waals surface area contributed by atoms with E-state index in [2.05, 4.69) is 14.8 Å². The minimum Gasteiger partial charge on any atom is -0.322 e. The van der Waals surface area contributed by atoms with Crippen molar-refractivity contribution in [2.24, 2.45) is 5.92 Å². The molecular formula is C23H23N3O5S2. The number of rotatable bonds is 9. The maximum atomic E-state index is 12.7. The molecule has 0 aliphatic heterocycles. The van der Waals surface area contributed by atoms with E-state index in [1.54, 1.807) is 36.4 Å². The van der Waals surface area contributed by atoms with E-state index in [1.165, 1.54) is 42.5 Å². The molecule has 0 aromatic heterocycles. The highest BCUT2D eigenvalue weighted by Gasteiger charge is 2.24. The average Bonchev–Trinajstić information content (AvgIpc) is 3.63. The number of carbonyl (C=O) groups excluding carboxylic acids is 1. The lowest BCUT2D eigenvalue weighted by Gasteiger charge is -2.11. The smallest absolute Gasteiger partial charge is 0.261 e. The molecule has 33 heavy (non-hydrogen) atoms. The van der Waals surface area contributed by atoms with E-state index >= 15 is 0 Å². The number of carbonyl (C=O) groups is 1. The minimum absolute atomic E-state index is 0.0140. The molecule has 3 aromatic carbocycles. The third-order valence-electron chi connectivity index (χ3n) is 5.09. The fraction of sp³-hybridized carbons (Fsp3) is 0.174. The number of hydrogen-bond donors (Lipinski definition) is 3. The molecule has 8 nitrogen and oxygen atoms in total. The maximum Gasteiger partial charge on any atom is 0.261 e. The molecule has 4 rings (SSSR count). The Morgan fingerprint density at radius 3 is 2.15 bits per heavy atom. The van der Waals surface area contributed by atoms with Crippen molar-refractivity contribution >= 4 is 37.3 Å². The van der Waals surface area contributed by atoms with Crippen molar-refractivity contribution in [2.75, 3.05) is 16.6 Å². The highest BCUT2D eigenvalue weighted by Crippen LogP contribution is 2.28. The lowest BCUT2D eigenvalue weighted by molar-refractivity contribution is 0.102. The fourth-order valence-corrected chi connectivity index (χ4v) is 5.35. The minimum atomic E-state index is -3.78. The molecule has 0 radical (unpaired) electrons. The van der Waals surface area contributed by atoms with E-state index < -0.39 is 26.0 Å². The molecule has 0 spiro atoms. The zero-order chi connectivity index (χ0) is 23.5. The first kappa shape index (κ1) is 23.0. The van der Waals surface area contributed by atoms with Crippen molar-refractivity contribution in [1.29, 1.82) is 0 Å². The number of hydrogen-bond acceptors (Lipinski definition) is 5. The summed E-state index contributed by atoms with van der Waals surface area (Å²) in [6.45, 7) is 0.393. The number of amides is 1. The number of benzene rings is 3. The van der Waals surface area contributed by atoms with Gasteiger partial charge in [-0.1, -0.05) is 30.3 Å². The molecule has 1 aliphatic carbocycles. The van der Waals surface area contributed by atoms with E-state index in [9.17, 15) is 21.6 Å². The standard InChI is InChI=1S/C23H23N3O5S2/c27-23(18-6-4-11-22(14-18)32(28,29)24-16-17-12-13-17)25-19-7-5-8-20(15-19)26-33(30,31)21-9-2-1-3-10-21/h1-11,14-15,17,24,26H,12-13,16H2,(H,25,27). The van der Waals surface area contributed by atoms with Crippen LogP contribution in [-0.2, 0) is 20.0 Å². The van der Waals surface area contributed by atoms with Crippen LogP contribution in [0.15, 0.2) is 88.7 Å². The molecule has 1 saturated carbocycles. The fourth-order valence-electron chi connectivity index (χ4n) is 3.11. The van der Waals surface area contributed by atoms with Crippen LogP contribution in [-0.4, -0.2) is 29.3 Å². The molecule has 172 valence electrons. The Kier molecular flexibility index (Phi) is 6.50. The lowest BCUT2D eigenvalue weighted by Crippen LogP contribution is -2.26. The highest BCUT2D eigenvalue weighted by molar-refractivity contribution is 7.92. The highest BCUT2D eigenvalue weighted by atomic mass is 32.2. The first-order valence-corrected chi connectivity index (χ1v) is 13.3. The molecule has 1 amide bonds. The van der Waals surface area contributed by atoms with Gasteiger partial charge in [-0.25, -0.2) is 21.6 Å². The first-order chi connectivity index (χ1) is 15.7. The van der Waals surface area contributed by atoms with E-state index in [0.717, 1.165) is 12.8 Å². The van der Waals surface area contributed by atoms with Crippen LogP contribution in [0, 0.1) is 5.92 Å². The summed E-state index contributed by atoms with van der Waals surface area (Å²) in [5.41, 5.74) is 0.796. The average molecular weight is 486 g/mol. The van der Waals surface area contributed by atoms with Crippen LogP contribution < -0.4 is 14.8 Å². The maximum absolute atomic E-state index is 12.7. The summed E-state index contributed by atoms with van der Waals surface area (Å²) >= 11 is 0. The SMILES string of the molecule is O=C(Nc1cccc(NS(=O)(=O)c2ccccc2)c1)c1cccc(S(=O)(=O)NCC2CC2)c1. The summed E-state index contributed by atoms with van der Waals surface area (Å²) in [7, 11) is -7.48. The second-order valence-electron chi connectivity index (χ2n) is 7.78. The molecule has 1 aliphatic rings. The van der Waals surface area contributed by atoms with Crippen LogP contribution in [0.5, 0.6) is 0 Å². The molecular weight excluding hydrogens is 462 g/mol. The number of sulfonamides is 2. The molecule has 0 heterocycles. The lowest BCUT2D eigenvalue weighted by atomic mass is 10.2. The molecule has 3 aromatic rings. The van der Waals surface area contributed by atoms with Gasteiger partial charge in [0.2, 0.25) is 10.0 Å². The van der Waals surface area contributed by atoms with Crippen molar-refractivity contribution < 1.29 is 21.6 Å². The molecule has 0 atom stereocenters. The Balaban J connectivity index is 1.47. The zero-order valence-corrected chi connectivity index (χ0v) is 19.2. The van der Waals surface area contributed by atoms with Gasteiger partial charge in [-0.15, -0.1) is 0 Å². The van der Waals surface area contributed by atoms with Crippen molar-refractivity contribution in [3.8, 4) is 0 Å². The van der Waals surface area contributed by atoms with Gasteiger partial charge in [-0.05, 0) is 67.3 Å². The topological polar surface area (TPSA) is 121 Å². The Labute approximate surface area is 193 Å². The van der Waals surface area contributed by atoms with Gasteiger partial charge < -0.3 is 5.32 Å². The van der Waals surface area contributed by atoms with Crippen molar-refractivity contribution in [3.63, 3.8) is 0 Å². The van der Waals surface area contributed by atoms with Crippen LogP contribution in [0.4, 0.5) is 11.4 Å². The van der Waals surface area contributed by atoms with Gasteiger partial charge in [-0.2, -0.15) is 0 Å². The summed E-state index contributed by atoms with van der Waals surface area (Å²) in [6.07, 6.45) is 2.04. The molecule has 1 fully saturated rings. The number of nitrogens with one attached hydrogen (secondary N) is 3. The van der Waals surface area contributed by atoms with Gasteiger partial charge in [0.05, 0.1) is 15.5 Å². The quantitative estimate of drug-likeness (QED) is 0.429. The van der Waals surface area contributed by atoms with Crippen molar-refractivity contribution in [2.45, 2.75) is 22.6 Å². The van der Waals surface area contributed by atoms with Crippen LogP contribution in [0.2, 0.25) is 0 Å². The normalized spacial score (nSPS) is 13.9. The zero-order valence-electron chi connectivity index (χ0n) is 17.6. The molecule has 10 heteroatoms. The Morgan fingerprint density at radius 1 is 0.758 bits per heavy atom. The predicted octanol–water partition coefficient (Wildman–Crippen LogP) is 3.43. The van der Waals surface area contributed by atoms with E-state index in [1.807, 2.05) is 0 Å². The van der Waals surface area contributed by atoms with E-state index in [0.29, 0.717) is 18.2 Å². The van der Waals surface area contributed by atoms with E-state index in [4.69, 9.17) is 0 Å². The summed E-state index contributed by atoms with van der Waals surface area (Å²) in [5.74, 6) is -0.129. The van der Waals surface area contributed by atoms with Crippen LogP contribution in [0.1, 0.15) is 23.2 Å². The van der Waals surface area contributed by atoms with Crippen LogP contribution in [0.3, 0.4) is 0 Å². The van der Waals surface area contributed by atoms with Crippen molar-refractivity contribution in [1.82, 2.24) is 4.72 Å². The largest absolute Gasteiger partial charge is 0.322 e. The van der Waals surface area contributed by atoms with Gasteiger partial charge in [0.25, 0.3) is 15.9 Å². The van der Waals surface area contributed by atoms with Crippen LogP contribution in [0.25, 0.3) is 0 Å². The molecule has 0 unspecified atom stereocenters. The summed E-state index contributed by atoms with van der Waals surface area (Å²) in [5, 5.41) is 2.67. The summed E-state index contributed by atoms with van der Waals surface area (Å²) < 4.78 is 55.1. The summed E-state index contributed by atoms with van der Waals surface area (Å²) in [4.78, 5) is 12.9. The Bertz CT molecular complexity index is 1370. The second-order valence-corrected chi connectivity index (χ2v) is 11.2. The van der Waals surface area contributed by atoms with Gasteiger partial charge in [0, 0.05) is 17.8 Å². The van der Waals surface area contributed by atoms with E-state index in [-0.39, 0.29) is 21.0 Å². The third-order valence-corrected chi connectivity index (χ3v) is 7.91.